The first-order chi connectivity index (χ1) is 18.4. The Morgan fingerprint density at radius 3 is 2.63 bits per heavy atom. The first-order valence-electron chi connectivity index (χ1n) is 13.8. The number of carbonyl (C=O) groups excluding carboxylic acids is 3. The van der Waals surface area contributed by atoms with Gasteiger partial charge in [0.1, 0.15) is 11.4 Å². The summed E-state index contributed by atoms with van der Waals surface area (Å²) in [5, 5.41) is 3.14. The van der Waals surface area contributed by atoms with Gasteiger partial charge in [-0.1, -0.05) is 18.2 Å². The van der Waals surface area contributed by atoms with E-state index < -0.39 is 11.5 Å². The van der Waals surface area contributed by atoms with Gasteiger partial charge in [0.05, 0.1) is 11.5 Å². The zero-order chi connectivity index (χ0) is 26.4. The molecule has 1 aromatic carbocycles. The molecule has 6 rings (SSSR count). The van der Waals surface area contributed by atoms with Crippen LogP contribution < -0.4 is 15.1 Å². The van der Waals surface area contributed by atoms with Gasteiger partial charge in [-0.15, -0.1) is 0 Å². The number of hydrogen-bond donors (Lipinski definition) is 1. The molecule has 1 aromatic heterocycles. The van der Waals surface area contributed by atoms with Crippen molar-refractivity contribution in [2.75, 3.05) is 56.6 Å². The summed E-state index contributed by atoms with van der Waals surface area (Å²) in [4.78, 5) is 53.9. The zero-order valence-corrected chi connectivity index (χ0v) is 22.2. The van der Waals surface area contributed by atoms with Gasteiger partial charge < -0.3 is 20.0 Å². The minimum Gasteiger partial charge on any atom is -0.363 e. The smallest absolute Gasteiger partial charge is 0.255 e. The highest BCUT2D eigenvalue weighted by Crippen LogP contribution is 2.57. The Labute approximate surface area is 223 Å². The maximum Gasteiger partial charge on any atom is 0.255 e. The number of carbonyl (C=O) groups is 3. The minimum absolute atomic E-state index is 0.0175. The maximum atomic E-state index is 14.4. The molecule has 0 aliphatic carbocycles. The molecule has 3 amide bonds. The molecule has 2 aromatic rings. The summed E-state index contributed by atoms with van der Waals surface area (Å²) in [6.45, 7) is 2.87. The number of fused-ring (bicyclic) bond motifs is 4. The molecule has 9 heteroatoms. The Bertz CT molecular complexity index is 1250. The van der Waals surface area contributed by atoms with Crippen molar-refractivity contribution >= 4 is 29.2 Å². The zero-order valence-electron chi connectivity index (χ0n) is 22.2. The average molecular weight is 517 g/mol. The summed E-state index contributed by atoms with van der Waals surface area (Å²) in [6.07, 6.45) is 5.72. The lowest BCUT2D eigenvalue weighted by Gasteiger charge is -2.37. The normalized spacial score (nSPS) is 27.5. The lowest BCUT2D eigenvalue weighted by molar-refractivity contribution is -0.138. The van der Waals surface area contributed by atoms with Gasteiger partial charge >= 0.3 is 0 Å². The number of hydrogen-bond acceptors (Lipinski definition) is 6. The highest BCUT2D eigenvalue weighted by atomic mass is 16.2. The van der Waals surface area contributed by atoms with E-state index in [2.05, 4.69) is 15.2 Å². The van der Waals surface area contributed by atoms with Crippen LogP contribution >= 0.6 is 0 Å². The number of pyridine rings is 1. The van der Waals surface area contributed by atoms with Crippen LogP contribution in [0.25, 0.3) is 0 Å². The number of para-hydroxylation sites is 1. The number of nitrogens with zero attached hydrogens (tertiary/aromatic N) is 5. The third-order valence-corrected chi connectivity index (χ3v) is 8.79. The third kappa shape index (κ3) is 3.78. The van der Waals surface area contributed by atoms with Gasteiger partial charge in [-0.3, -0.25) is 19.3 Å². The van der Waals surface area contributed by atoms with Crippen LogP contribution in [0.15, 0.2) is 42.6 Å². The van der Waals surface area contributed by atoms with Crippen molar-refractivity contribution in [3.05, 3.63) is 53.7 Å². The SMILES string of the molecule is CN(C)c1ccc(C(=O)N2CCCNC(=O)[C@@H]3C[C@@H]4CCCN4[C@@]34C(=O)N(CCC2)c2ccccc24)cn1. The third-order valence-electron chi connectivity index (χ3n) is 8.79. The minimum atomic E-state index is -0.925. The Balaban J connectivity index is 1.31. The van der Waals surface area contributed by atoms with E-state index in [4.69, 9.17) is 0 Å². The maximum absolute atomic E-state index is 14.4. The van der Waals surface area contributed by atoms with E-state index in [9.17, 15) is 14.4 Å². The molecule has 3 saturated heterocycles. The summed E-state index contributed by atoms with van der Waals surface area (Å²) in [5.41, 5.74) is 1.48. The van der Waals surface area contributed by atoms with Gasteiger partial charge in [0.15, 0.2) is 0 Å². The standard InChI is InChI=1S/C29H36N6O3/c1-32(2)25-12-11-20(19-31-25)27(37)33-14-6-13-30-26(36)23-18-21-8-5-17-35(21)29(23)22-9-3-4-10-24(22)34(28(29)38)16-7-15-33/h3-4,9-12,19,21,23H,5-8,13-18H2,1-2H3,(H,30,36)/t21-,23-,29+/m0/s1. The van der Waals surface area contributed by atoms with Gasteiger partial charge in [-0.2, -0.15) is 0 Å². The van der Waals surface area contributed by atoms with E-state index in [0.29, 0.717) is 51.0 Å². The van der Waals surface area contributed by atoms with Crippen LogP contribution in [0.2, 0.25) is 0 Å². The predicted molar refractivity (Wildman–Crippen MR) is 145 cm³/mol. The molecule has 2 bridgehead atoms. The number of nitrogens with one attached hydrogen (secondary N) is 1. The van der Waals surface area contributed by atoms with Crippen LogP contribution in [0.4, 0.5) is 11.5 Å². The van der Waals surface area contributed by atoms with Crippen molar-refractivity contribution in [3.8, 4) is 0 Å². The highest BCUT2D eigenvalue weighted by Gasteiger charge is 2.66. The molecule has 9 nitrogen and oxygen atoms in total. The van der Waals surface area contributed by atoms with E-state index >= 15 is 0 Å². The summed E-state index contributed by atoms with van der Waals surface area (Å²) >= 11 is 0. The second kappa shape index (κ2) is 9.69. The molecular weight excluding hydrogens is 480 g/mol. The number of aromatic nitrogens is 1. The average Bonchev–Trinajstić information content (AvgIpc) is 3.58. The molecule has 3 atom stereocenters. The van der Waals surface area contributed by atoms with Gasteiger partial charge in [0, 0.05) is 63.8 Å². The van der Waals surface area contributed by atoms with Crippen molar-refractivity contribution in [3.63, 3.8) is 0 Å². The molecule has 4 aliphatic heterocycles. The van der Waals surface area contributed by atoms with Gasteiger partial charge in [0.2, 0.25) is 5.91 Å². The molecule has 1 N–H and O–H groups in total. The quantitative estimate of drug-likeness (QED) is 0.659. The van der Waals surface area contributed by atoms with Crippen LogP contribution in [0.1, 0.15) is 48.0 Å². The highest BCUT2D eigenvalue weighted by molar-refractivity contribution is 6.11. The van der Waals surface area contributed by atoms with E-state index in [-0.39, 0.29) is 23.8 Å². The number of rotatable bonds is 2. The fraction of sp³-hybridized carbons (Fsp3) is 0.517. The van der Waals surface area contributed by atoms with Crippen molar-refractivity contribution < 1.29 is 14.4 Å². The fourth-order valence-electron chi connectivity index (χ4n) is 7.08. The lowest BCUT2D eigenvalue weighted by atomic mass is 9.78. The van der Waals surface area contributed by atoms with Crippen molar-refractivity contribution in [1.29, 1.82) is 0 Å². The Morgan fingerprint density at radius 1 is 1.03 bits per heavy atom. The molecule has 5 heterocycles. The Hall–Kier alpha value is -3.46. The largest absolute Gasteiger partial charge is 0.363 e. The van der Waals surface area contributed by atoms with Crippen LogP contribution in [0.3, 0.4) is 0 Å². The topological polar surface area (TPSA) is 89.1 Å². The Morgan fingerprint density at radius 2 is 1.84 bits per heavy atom. The van der Waals surface area contributed by atoms with Crippen molar-refractivity contribution in [1.82, 2.24) is 20.1 Å². The fourth-order valence-corrected chi connectivity index (χ4v) is 7.08. The van der Waals surface area contributed by atoms with E-state index in [1.165, 1.54) is 0 Å². The molecule has 0 saturated carbocycles. The molecule has 3 fully saturated rings. The molecule has 0 radical (unpaired) electrons. The number of amides is 3. The van der Waals surface area contributed by atoms with Gasteiger partial charge in [-0.05, 0) is 56.8 Å². The summed E-state index contributed by atoms with van der Waals surface area (Å²) < 4.78 is 0. The van der Waals surface area contributed by atoms with Crippen molar-refractivity contribution in [2.24, 2.45) is 5.92 Å². The molecule has 38 heavy (non-hydrogen) atoms. The number of benzene rings is 1. The van der Waals surface area contributed by atoms with Gasteiger partial charge in [0.25, 0.3) is 11.8 Å². The summed E-state index contributed by atoms with van der Waals surface area (Å²) in [5.74, 6) is 0.269. The van der Waals surface area contributed by atoms with Gasteiger partial charge in [-0.25, -0.2) is 4.98 Å². The van der Waals surface area contributed by atoms with Crippen LogP contribution in [0.5, 0.6) is 0 Å². The summed E-state index contributed by atoms with van der Waals surface area (Å²) in [7, 11) is 3.83. The van der Waals surface area contributed by atoms with E-state index in [1.54, 1.807) is 6.20 Å². The van der Waals surface area contributed by atoms with E-state index in [0.717, 1.165) is 36.5 Å². The van der Waals surface area contributed by atoms with E-state index in [1.807, 2.05) is 65.2 Å². The molecule has 0 unspecified atom stereocenters. The van der Waals surface area contributed by atoms with Crippen LogP contribution in [0, 0.1) is 5.92 Å². The van der Waals surface area contributed by atoms with Crippen LogP contribution in [-0.2, 0) is 15.1 Å². The van der Waals surface area contributed by atoms with Crippen molar-refractivity contribution in [2.45, 2.75) is 43.7 Å². The predicted octanol–water partition coefficient (Wildman–Crippen LogP) is 2.23. The second-order valence-corrected chi connectivity index (χ2v) is 11.1. The molecular formula is C29H36N6O3. The second-order valence-electron chi connectivity index (χ2n) is 11.1. The first-order valence-corrected chi connectivity index (χ1v) is 13.8. The summed E-state index contributed by atoms with van der Waals surface area (Å²) in [6, 6.07) is 11.9. The molecule has 200 valence electrons. The molecule has 4 aliphatic rings. The first kappa shape index (κ1) is 24.9. The molecule has 1 spiro atoms. The monoisotopic (exact) mass is 516 g/mol. The Kier molecular flexibility index (Phi) is 6.34. The van der Waals surface area contributed by atoms with Crippen LogP contribution in [-0.4, -0.2) is 85.4 Å². The number of anilines is 2. The lowest BCUT2D eigenvalue weighted by Crippen LogP contribution is -2.56.